The molecule has 1 N–H and O–H groups in total. The Balaban J connectivity index is 2.32. The fourth-order valence-corrected chi connectivity index (χ4v) is 1.96. The van der Waals surface area contributed by atoms with Gasteiger partial charge in [0.1, 0.15) is 0 Å². The van der Waals surface area contributed by atoms with E-state index in [0.717, 1.165) is 18.5 Å². The van der Waals surface area contributed by atoms with Gasteiger partial charge in [0.25, 0.3) is 0 Å². The van der Waals surface area contributed by atoms with Gasteiger partial charge < -0.3 is 10.2 Å². The van der Waals surface area contributed by atoms with Crippen molar-refractivity contribution in [1.29, 1.82) is 0 Å². The van der Waals surface area contributed by atoms with Crippen molar-refractivity contribution in [1.82, 2.24) is 10.2 Å². The molecule has 5 heteroatoms. The molecule has 0 aliphatic rings. The molecule has 18 heavy (non-hydrogen) atoms. The summed E-state index contributed by atoms with van der Waals surface area (Å²) in [5, 5.41) is 4.41. The first kappa shape index (κ1) is 15.3. The second-order valence-corrected chi connectivity index (χ2v) is 4.91. The predicted octanol–water partition coefficient (Wildman–Crippen LogP) is 2.60. The molecule has 0 atom stereocenters. The molecule has 1 rings (SSSR count). The van der Waals surface area contributed by atoms with Gasteiger partial charge in [-0.1, -0.05) is 29.3 Å². The molecule has 1 aromatic carbocycles. The van der Waals surface area contributed by atoms with Crippen molar-refractivity contribution in [2.75, 3.05) is 26.7 Å². The van der Waals surface area contributed by atoms with Gasteiger partial charge in [0.15, 0.2) is 0 Å². The van der Waals surface area contributed by atoms with Crippen LogP contribution in [0, 0.1) is 0 Å². The summed E-state index contributed by atoms with van der Waals surface area (Å²) in [6, 6.07) is 5.46. The molecule has 0 radical (unpaired) electrons. The van der Waals surface area contributed by atoms with Crippen molar-refractivity contribution >= 4 is 29.1 Å². The first-order valence-corrected chi connectivity index (χ1v) is 6.68. The quantitative estimate of drug-likeness (QED) is 0.816. The second kappa shape index (κ2) is 7.62. The zero-order valence-electron chi connectivity index (χ0n) is 10.7. The van der Waals surface area contributed by atoms with Gasteiger partial charge in [-0.15, -0.1) is 0 Å². The van der Waals surface area contributed by atoms with Gasteiger partial charge in [0.2, 0.25) is 5.91 Å². The average Bonchev–Trinajstić information content (AvgIpc) is 2.35. The van der Waals surface area contributed by atoms with Crippen LogP contribution in [0.1, 0.15) is 12.5 Å². The summed E-state index contributed by atoms with van der Waals surface area (Å²) >= 11 is 11.9. The second-order valence-electron chi connectivity index (χ2n) is 4.07. The van der Waals surface area contributed by atoms with E-state index in [9.17, 15) is 4.79 Å². The highest BCUT2D eigenvalue weighted by Gasteiger charge is 2.05. The number of carbonyl (C=O) groups excluding carboxylic acids is 1. The minimum Gasteiger partial charge on any atom is -0.345 e. The Morgan fingerprint density at radius 1 is 1.39 bits per heavy atom. The van der Waals surface area contributed by atoms with Gasteiger partial charge in [-0.2, -0.15) is 0 Å². The normalized spacial score (nSPS) is 10.4. The molecule has 0 aliphatic carbocycles. The molecule has 3 nitrogen and oxygen atoms in total. The van der Waals surface area contributed by atoms with E-state index >= 15 is 0 Å². The largest absolute Gasteiger partial charge is 0.345 e. The maximum Gasteiger partial charge on any atom is 0.236 e. The number of nitrogens with zero attached hydrogens (tertiary/aromatic N) is 1. The van der Waals surface area contributed by atoms with Crippen LogP contribution in [0.5, 0.6) is 0 Å². The molecule has 100 valence electrons. The number of likely N-dealkylation sites (N-methyl/N-ethyl adjacent to an activating group) is 1. The summed E-state index contributed by atoms with van der Waals surface area (Å²) in [4.78, 5) is 13.2. The summed E-state index contributed by atoms with van der Waals surface area (Å²) in [6.07, 6.45) is 0.777. The van der Waals surface area contributed by atoms with Crippen LogP contribution in [0.25, 0.3) is 0 Å². The first-order valence-electron chi connectivity index (χ1n) is 5.93. The third kappa shape index (κ3) is 4.84. The van der Waals surface area contributed by atoms with Gasteiger partial charge in [0.05, 0.1) is 6.54 Å². The van der Waals surface area contributed by atoms with Crippen molar-refractivity contribution < 1.29 is 4.79 Å². The summed E-state index contributed by atoms with van der Waals surface area (Å²) in [7, 11) is 1.79. The van der Waals surface area contributed by atoms with Crippen LogP contribution in [-0.2, 0) is 11.2 Å². The van der Waals surface area contributed by atoms with Crippen molar-refractivity contribution in [3.05, 3.63) is 33.8 Å². The van der Waals surface area contributed by atoms with Crippen molar-refractivity contribution in [3.8, 4) is 0 Å². The Bertz CT molecular complexity index is 410. The summed E-state index contributed by atoms with van der Waals surface area (Å²) in [5.41, 5.74) is 1.03. The van der Waals surface area contributed by atoms with Gasteiger partial charge in [-0.3, -0.25) is 4.79 Å². The number of hydrogen-bond acceptors (Lipinski definition) is 2. The highest BCUT2D eigenvalue weighted by atomic mass is 35.5. The Labute approximate surface area is 118 Å². The number of nitrogens with one attached hydrogen (secondary N) is 1. The molecule has 0 saturated carbocycles. The molecule has 1 aromatic rings. The van der Waals surface area contributed by atoms with Crippen LogP contribution >= 0.6 is 23.2 Å². The van der Waals surface area contributed by atoms with Crippen LogP contribution in [0.15, 0.2) is 18.2 Å². The van der Waals surface area contributed by atoms with E-state index in [0.29, 0.717) is 23.1 Å². The monoisotopic (exact) mass is 288 g/mol. The van der Waals surface area contributed by atoms with E-state index in [4.69, 9.17) is 23.2 Å². The summed E-state index contributed by atoms with van der Waals surface area (Å²) in [6.45, 7) is 3.75. The van der Waals surface area contributed by atoms with E-state index < -0.39 is 0 Å². The lowest BCUT2D eigenvalue weighted by Gasteiger charge is -2.14. The molecule has 0 bridgehead atoms. The molecule has 0 saturated heterocycles. The standard InChI is InChI=1S/C13H18Cl2N2O/c1-3-17(2)13(18)9-16-7-6-10-4-5-11(14)8-12(10)15/h4-5,8,16H,3,6-7,9H2,1-2H3. The Morgan fingerprint density at radius 2 is 2.11 bits per heavy atom. The Hall–Kier alpha value is -0.770. The molecule has 0 unspecified atom stereocenters. The van der Waals surface area contributed by atoms with Crippen LogP contribution in [0.4, 0.5) is 0 Å². The summed E-state index contributed by atoms with van der Waals surface area (Å²) < 4.78 is 0. The lowest BCUT2D eigenvalue weighted by molar-refractivity contribution is -0.128. The zero-order valence-corrected chi connectivity index (χ0v) is 12.2. The van der Waals surface area contributed by atoms with Crippen LogP contribution in [0.3, 0.4) is 0 Å². The summed E-state index contributed by atoms with van der Waals surface area (Å²) in [5.74, 6) is 0.0969. The zero-order chi connectivity index (χ0) is 13.5. The number of rotatable bonds is 6. The number of halogens is 2. The van der Waals surface area contributed by atoms with E-state index in [-0.39, 0.29) is 5.91 Å². The molecule has 0 heterocycles. The highest BCUT2D eigenvalue weighted by Crippen LogP contribution is 2.20. The van der Waals surface area contributed by atoms with E-state index in [1.54, 1.807) is 18.0 Å². The third-order valence-corrected chi connectivity index (χ3v) is 3.35. The molecular weight excluding hydrogens is 271 g/mol. The van der Waals surface area contributed by atoms with Crippen LogP contribution < -0.4 is 5.32 Å². The molecule has 1 amide bonds. The van der Waals surface area contributed by atoms with Crippen molar-refractivity contribution in [2.45, 2.75) is 13.3 Å². The maximum atomic E-state index is 11.5. The highest BCUT2D eigenvalue weighted by molar-refractivity contribution is 6.35. The lowest BCUT2D eigenvalue weighted by Crippen LogP contribution is -2.36. The topological polar surface area (TPSA) is 32.3 Å². The first-order chi connectivity index (χ1) is 8.54. The molecule has 0 aliphatic heterocycles. The van der Waals surface area contributed by atoms with E-state index in [2.05, 4.69) is 5.32 Å². The fourth-order valence-electron chi connectivity index (χ4n) is 1.45. The van der Waals surface area contributed by atoms with E-state index in [1.165, 1.54) is 0 Å². The third-order valence-electron chi connectivity index (χ3n) is 2.76. The molecule has 0 aromatic heterocycles. The number of hydrogen-bond donors (Lipinski definition) is 1. The maximum absolute atomic E-state index is 11.5. The van der Waals surface area contributed by atoms with Gasteiger partial charge in [-0.25, -0.2) is 0 Å². The van der Waals surface area contributed by atoms with Crippen LogP contribution in [0.2, 0.25) is 10.0 Å². The molecule has 0 spiro atoms. The van der Waals surface area contributed by atoms with Gasteiger partial charge in [-0.05, 0) is 37.6 Å². The Morgan fingerprint density at radius 3 is 2.72 bits per heavy atom. The smallest absolute Gasteiger partial charge is 0.236 e. The number of carbonyl (C=O) groups is 1. The predicted molar refractivity (Wildman–Crippen MR) is 76.3 cm³/mol. The Kier molecular flexibility index (Phi) is 6.47. The lowest BCUT2D eigenvalue weighted by atomic mass is 10.1. The number of benzene rings is 1. The average molecular weight is 289 g/mol. The molecule has 0 fully saturated rings. The molecular formula is C13H18Cl2N2O. The van der Waals surface area contributed by atoms with Crippen molar-refractivity contribution in [3.63, 3.8) is 0 Å². The minimum absolute atomic E-state index is 0.0969. The fraction of sp³-hybridized carbons (Fsp3) is 0.462. The van der Waals surface area contributed by atoms with Gasteiger partial charge in [0, 0.05) is 23.6 Å². The van der Waals surface area contributed by atoms with E-state index in [1.807, 2.05) is 19.1 Å². The van der Waals surface area contributed by atoms with Crippen LogP contribution in [-0.4, -0.2) is 37.5 Å². The number of amides is 1. The minimum atomic E-state index is 0.0969. The SMILES string of the molecule is CCN(C)C(=O)CNCCc1ccc(Cl)cc1Cl. The van der Waals surface area contributed by atoms with Crippen molar-refractivity contribution in [2.24, 2.45) is 0 Å². The van der Waals surface area contributed by atoms with Gasteiger partial charge >= 0.3 is 0 Å².